The number of amidine groups is 1. The molecule has 0 aliphatic carbocycles. The lowest BCUT2D eigenvalue weighted by molar-refractivity contribution is 0.318. The number of ether oxygens (including phenoxy) is 1. The van der Waals surface area contributed by atoms with Crippen LogP contribution in [0.5, 0.6) is 11.5 Å². The van der Waals surface area contributed by atoms with Gasteiger partial charge in [-0.15, -0.1) is 0 Å². The number of nitrogens with two attached hydrogens (primary N) is 1. The standard InChI is InChI=1S/C16H17ClN2O2/c1-10(2)11-6-3-4-8-13(11)21-14-9-5-7-12(17)15(14)16(18)19-20/h3-10,20H,1-2H3,(H2,18,19). The highest BCUT2D eigenvalue weighted by molar-refractivity contribution is 6.34. The van der Waals surface area contributed by atoms with Crippen molar-refractivity contribution in [1.29, 1.82) is 0 Å². The van der Waals surface area contributed by atoms with Gasteiger partial charge >= 0.3 is 0 Å². The van der Waals surface area contributed by atoms with Crippen molar-refractivity contribution in [1.82, 2.24) is 0 Å². The van der Waals surface area contributed by atoms with Gasteiger partial charge in [-0.1, -0.05) is 54.9 Å². The second kappa shape index (κ2) is 6.50. The van der Waals surface area contributed by atoms with Crippen molar-refractivity contribution in [2.75, 3.05) is 0 Å². The minimum absolute atomic E-state index is 0.0855. The molecule has 0 radical (unpaired) electrons. The Hall–Kier alpha value is -2.20. The molecular formula is C16H17ClN2O2. The van der Waals surface area contributed by atoms with Gasteiger partial charge < -0.3 is 15.7 Å². The molecule has 0 heterocycles. The van der Waals surface area contributed by atoms with E-state index in [9.17, 15) is 0 Å². The van der Waals surface area contributed by atoms with E-state index in [2.05, 4.69) is 19.0 Å². The third-order valence-corrected chi connectivity index (χ3v) is 3.42. The molecular weight excluding hydrogens is 288 g/mol. The number of halogens is 1. The SMILES string of the molecule is CC(C)c1ccccc1Oc1cccc(Cl)c1C(N)=NO. The molecule has 0 fully saturated rings. The molecule has 0 spiro atoms. The van der Waals surface area contributed by atoms with Gasteiger partial charge in [-0.3, -0.25) is 0 Å². The molecule has 2 aromatic rings. The second-order valence-electron chi connectivity index (χ2n) is 4.89. The van der Waals surface area contributed by atoms with Crippen molar-refractivity contribution in [2.45, 2.75) is 19.8 Å². The van der Waals surface area contributed by atoms with Crippen LogP contribution in [-0.2, 0) is 0 Å². The summed E-state index contributed by atoms with van der Waals surface area (Å²) >= 11 is 6.12. The van der Waals surface area contributed by atoms with E-state index in [1.165, 1.54) is 0 Å². The van der Waals surface area contributed by atoms with Crippen LogP contribution < -0.4 is 10.5 Å². The zero-order valence-electron chi connectivity index (χ0n) is 11.9. The molecule has 2 aromatic carbocycles. The lowest BCUT2D eigenvalue weighted by Gasteiger charge is -2.16. The molecule has 110 valence electrons. The zero-order chi connectivity index (χ0) is 15.4. The highest BCUT2D eigenvalue weighted by Crippen LogP contribution is 2.34. The molecule has 3 N–H and O–H groups in total. The first-order valence-electron chi connectivity index (χ1n) is 6.57. The first-order chi connectivity index (χ1) is 10.0. The van der Waals surface area contributed by atoms with E-state index >= 15 is 0 Å². The Labute approximate surface area is 128 Å². The first-order valence-corrected chi connectivity index (χ1v) is 6.95. The van der Waals surface area contributed by atoms with Crippen molar-refractivity contribution >= 4 is 17.4 Å². The van der Waals surface area contributed by atoms with E-state index in [1.54, 1.807) is 18.2 Å². The molecule has 0 atom stereocenters. The van der Waals surface area contributed by atoms with Crippen LogP contribution in [0.2, 0.25) is 5.02 Å². The molecule has 0 amide bonds. The third-order valence-electron chi connectivity index (χ3n) is 3.10. The first kappa shape index (κ1) is 15.2. The van der Waals surface area contributed by atoms with Crippen LogP contribution >= 0.6 is 11.6 Å². The summed E-state index contributed by atoms with van der Waals surface area (Å²) in [6.07, 6.45) is 0. The summed E-state index contributed by atoms with van der Waals surface area (Å²) in [5.41, 5.74) is 7.13. The predicted molar refractivity (Wildman–Crippen MR) is 84.6 cm³/mol. The van der Waals surface area contributed by atoms with Gasteiger partial charge in [-0.25, -0.2) is 0 Å². The van der Waals surface area contributed by atoms with Crippen LogP contribution in [0.1, 0.15) is 30.9 Å². The van der Waals surface area contributed by atoms with E-state index in [4.69, 9.17) is 27.3 Å². The lowest BCUT2D eigenvalue weighted by Crippen LogP contribution is -2.15. The van der Waals surface area contributed by atoms with Crippen LogP contribution in [0.3, 0.4) is 0 Å². The van der Waals surface area contributed by atoms with Gasteiger partial charge in [0.2, 0.25) is 0 Å². The number of hydrogen-bond donors (Lipinski definition) is 2. The third kappa shape index (κ3) is 3.28. The van der Waals surface area contributed by atoms with Crippen molar-refractivity contribution in [3.63, 3.8) is 0 Å². The fourth-order valence-corrected chi connectivity index (χ4v) is 2.32. The largest absolute Gasteiger partial charge is 0.456 e. The van der Waals surface area contributed by atoms with Crippen LogP contribution in [-0.4, -0.2) is 11.0 Å². The summed E-state index contributed by atoms with van der Waals surface area (Å²) in [4.78, 5) is 0. The number of benzene rings is 2. The summed E-state index contributed by atoms with van der Waals surface area (Å²) < 4.78 is 5.95. The molecule has 5 heteroatoms. The molecule has 0 unspecified atom stereocenters. The van der Waals surface area contributed by atoms with E-state index in [0.717, 1.165) is 11.3 Å². The van der Waals surface area contributed by atoms with Gasteiger partial charge in [0.1, 0.15) is 11.5 Å². The van der Waals surface area contributed by atoms with Crippen molar-refractivity contribution in [2.24, 2.45) is 10.9 Å². The smallest absolute Gasteiger partial charge is 0.175 e. The highest BCUT2D eigenvalue weighted by Gasteiger charge is 2.15. The molecule has 0 saturated heterocycles. The molecule has 0 saturated carbocycles. The van der Waals surface area contributed by atoms with Gasteiger partial charge in [0.05, 0.1) is 10.6 Å². The minimum atomic E-state index is -0.0855. The molecule has 2 rings (SSSR count). The van der Waals surface area contributed by atoms with Gasteiger partial charge in [-0.05, 0) is 29.7 Å². The van der Waals surface area contributed by atoms with Crippen molar-refractivity contribution in [3.8, 4) is 11.5 Å². The Bertz CT molecular complexity index is 669. The molecule has 0 bridgehead atoms. The number of oxime groups is 1. The maximum Gasteiger partial charge on any atom is 0.175 e. The topological polar surface area (TPSA) is 67.8 Å². The average molecular weight is 305 g/mol. The maximum absolute atomic E-state index is 8.89. The average Bonchev–Trinajstić information content (AvgIpc) is 2.47. The number of rotatable bonds is 4. The predicted octanol–water partition coefficient (Wildman–Crippen LogP) is 4.35. The van der Waals surface area contributed by atoms with Crippen LogP contribution in [0.15, 0.2) is 47.6 Å². The van der Waals surface area contributed by atoms with Gasteiger partial charge in [-0.2, -0.15) is 0 Å². The quantitative estimate of drug-likeness (QED) is 0.382. The summed E-state index contributed by atoms with van der Waals surface area (Å²) in [5.74, 6) is 1.40. The van der Waals surface area contributed by atoms with Gasteiger partial charge in [0, 0.05) is 0 Å². The Balaban J connectivity index is 2.48. The van der Waals surface area contributed by atoms with Crippen LogP contribution in [0.4, 0.5) is 0 Å². The molecule has 0 aromatic heterocycles. The van der Waals surface area contributed by atoms with E-state index in [1.807, 2.05) is 24.3 Å². The fourth-order valence-electron chi connectivity index (χ4n) is 2.06. The molecule has 4 nitrogen and oxygen atoms in total. The Morgan fingerprint density at radius 3 is 2.48 bits per heavy atom. The highest BCUT2D eigenvalue weighted by atomic mass is 35.5. The maximum atomic E-state index is 8.89. The number of hydrogen-bond acceptors (Lipinski definition) is 3. The van der Waals surface area contributed by atoms with E-state index < -0.39 is 0 Å². The Morgan fingerprint density at radius 2 is 1.81 bits per heavy atom. The van der Waals surface area contributed by atoms with Crippen LogP contribution in [0.25, 0.3) is 0 Å². The fraction of sp³-hybridized carbons (Fsp3) is 0.188. The van der Waals surface area contributed by atoms with E-state index in [-0.39, 0.29) is 5.84 Å². The summed E-state index contributed by atoms with van der Waals surface area (Å²) in [5, 5.41) is 12.3. The molecule has 0 aliphatic rings. The normalized spacial score (nSPS) is 11.7. The monoisotopic (exact) mass is 304 g/mol. The van der Waals surface area contributed by atoms with Crippen LogP contribution in [0, 0.1) is 0 Å². The van der Waals surface area contributed by atoms with Gasteiger partial charge in [0.25, 0.3) is 0 Å². The summed E-state index contributed by atoms with van der Waals surface area (Å²) in [7, 11) is 0. The van der Waals surface area contributed by atoms with Gasteiger partial charge in [0.15, 0.2) is 5.84 Å². The van der Waals surface area contributed by atoms with Crippen molar-refractivity contribution < 1.29 is 9.94 Å². The minimum Gasteiger partial charge on any atom is -0.456 e. The summed E-state index contributed by atoms with van der Waals surface area (Å²) in [6.45, 7) is 4.18. The Morgan fingerprint density at radius 1 is 1.14 bits per heavy atom. The molecule has 21 heavy (non-hydrogen) atoms. The molecule has 0 aliphatic heterocycles. The second-order valence-corrected chi connectivity index (χ2v) is 5.30. The lowest BCUT2D eigenvalue weighted by atomic mass is 10.0. The van der Waals surface area contributed by atoms with Crippen molar-refractivity contribution in [3.05, 3.63) is 58.6 Å². The number of para-hydroxylation sites is 1. The number of nitrogens with zero attached hydrogens (tertiary/aromatic N) is 1. The van der Waals surface area contributed by atoms with E-state index in [0.29, 0.717) is 22.3 Å². The summed E-state index contributed by atoms with van der Waals surface area (Å²) in [6, 6.07) is 12.9. The Kier molecular flexibility index (Phi) is 4.70. The zero-order valence-corrected chi connectivity index (χ0v) is 12.6.